The summed E-state index contributed by atoms with van der Waals surface area (Å²) in [6.45, 7) is 8.65. The minimum atomic E-state index is -0.308. The van der Waals surface area contributed by atoms with E-state index in [4.69, 9.17) is 4.74 Å². The van der Waals surface area contributed by atoms with Gasteiger partial charge in [-0.05, 0) is 42.2 Å². The van der Waals surface area contributed by atoms with Gasteiger partial charge in [-0.1, -0.05) is 39.0 Å². The lowest BCUT2D eigenvalue weighted by molar-refractivity contribution is 0.0955. The Bertz CT molecular complexity index is 760. The zero-order valence-corrected chi connectivity index (χ0v) is 15.0. The van der Waals surface area contributed by atoms with Gasteiger partial charge in [0.1, 0.15) is 0 Å². The molecule has 0 aliphatic carbocycles. The first-order valence-electron chi connectivity index (χ1n) is 8.21. The number of phenols is 1. The molecule has 5 heteroatoms. The second-order valence-corrected chi connectivity index (χ2v) is 6.65. The number of nitrogens with one attached hydrogen (secondary N) is 1. The van der Waals surface area contributed by atoms with Crippen molar-refractivity contribution in [2.45, 2.75) is 33.1 Å². The predicted octanol–water partition coefficient (Wildman–Crippen LogP) is 3.85. The molecule has 2 aromatic rings. The molecule has 2 aromatic carbocycles. The molecule has 0 saturated carbocycles. The van der Waals surface area contributed by atoms with Crippen LogP contribution in [-0.4, -0.2) is 23.8 Å². The van der Waals surface area contributed by atoms with Crippen LogP contribution in [0.15, 0.2) is 47.6 Å². The van der Waals surface area contributed by atoms with E-state index in [1.54, 1.807) is 30.3 Å². The largest absolute Gasteiger partial charge is 0.504 e. The van der Waals surface area contributed by atoms with Crippen LogP contribution in [-0.2, 0) is 5.41 Å². The minimum absolute atomic E-state index is 0.00289. The summed E-state index contributed by atoms with van der Waals surface area (Å²) in [7, 11) is 0. The molecule has 132 valence electrons. The number of nitrogens with zero attached hydrogens (tertiary/aromatic N) is 1. The average Bonchev–Trinajstić information content (AvgIpc) is 2.57. The lowest BCUT2D eigenvalue weighted by atomic mass is 9.87. The fourth-order valence-corrected chi connectivity index (χ4v) is 2.26. The van der Waals surface area contributed by atoms with Crippen molar-refractivity contribution in [3.63, 3.8) is 0 Å². The molecule has 25 heavy (non-hydrogen) atoms. The Morgan fingerprint density at radius 3 is 2.48 bits per heavy atom. The maximum absolute atomic E-state index is 12.1. The first kappa shape index (κ1) is 18.5. The maximum atomic E-state index is 12.1. The summed E-state index contributed by atoms with van der Waals surface area (Å²) in [6.07, 6.45) is 1.39. The highest BCUT2D eigenvalue weighted by Crippen LogP contribution is 2.28. The van der Waals surface area contributed by atoms with Crippen molar-refractivity contribution in [3.05, 3.63) is 59.2 Å². The molecule has 1 amide bonds. The van der Waals surface area contributed by atoms with Gasteiger partial charge in [0.2, 0.25) is 0 Å². The third kappa shape index (κ3) is 4.83. The highest BCUT2D eigenvalue weighted by atomic mass is 16.5. The zero-order valence-electron chi connectivity index (χ0n) is 15.0. The first-order chi connectivity index (χ1) is 11.8. The Morgan fingerprint density at radius 1 is 1.20 bits per heavy atom. The van der Waals surface area contributed by atoms with Crippen molar-refractivity contribution in [2.24, 2.45) is 5.10 Å². The monoisotopic (exact) mass is 340 g/mol. The molecule has 0 unspecified atom stereocenters. The van der Waals surface area contributed by atoms with E-state index >= 15 is 0 Å². The smallest absolute Gasteiger partial charge is 0.271 e. The van der Waals surface area contributed by atoms with Gasteiger partial charge in [-0.15, -0.1) is 0 Å². The number of para-hydroxylation sites is 1. The van der Waals surface area contributed by atoms with Crippen molar-refractivity contribution in [3.8, 4) is 11.5 Å². The van der Waals surface area contributed by atoms with E-state index in [1.807, 2.05) is 19.1 Å². The molecule has 0 atom stereocenters. The van der Waals surface area contributed by atoms with Gasteiger partial charge in [0.15, 0.2) is 11.5 Å². The van der Waals surface area contributed by atoms with Crippen LogP contribution >= 0.6 is 0 Å². The summed E-state index contributed by atoms with van der Waals surface area (Å²) in [6, 6.07) is 12.5. The van der Waals surface area contributed by atoms with Gasteiger partial charge in [0.25, 0.3) is 5.91 Å². The van der Waals surface area contributed by atoms with Crippen molar-refractivity contribution in [1.29, 1.82) is 0 Å². The van der Waals surface area contributed by atoms with Crippen LogP contribution in [0.1, 0.15) is 49.2 Å². The number of phenolic OH excluding ortho intramolecular Hbond substituents is 1. The van der Waals surface area contributed by atoms with Crippen molar-refractivity contribution >= 4 is 12.1 Å². The molecule has 0 bridgehead atoms. The maximum Gasteiger partial charge on any atom is 0.271 e. The number of hydrazone groups is 1. The van der Waals surface area contributed by atoms with Crippen LogP contribution in [0.5, 0.6) is 11.5 Å². The molecule has 0 aliphatic heterocycles. The second-order valence-electron chi connectivity index (χ2n) is 6.65. The number of rotatable bonds is 5. The number of aromatic hydroxyl groups is 1. The Hall–Kier alpha value is -2.82. The Morgan fingerprint density at radius 2 is 1.88 bits per heavy atom. The molecule has 0 spiro atoms. The van der Waals surface area contributed by atoms with Gasteiger partial charge < -0.3 is 9.84 Å². The molecular formula is C20H24N2O3. The molecule has 2 rings (SSSR count). The fourth-order valence-electron chi connectivity index (χ4n) is 2.26. The normalized spacial score (nSPS) is 11.5. The van der Waals surface area contributed by atoms with E-state index in [1.165, 1.54) is 6.21 Å². The highest BCUT2D eigenvalue weighted by molar-refractivity contribution is 5.95. The van der Waals surface area contributed by atoms with Crippen LogP contribution in [0.25, 0.3) is 0 Å². The van der Waals surface area contributed by atoms with E-state index < -0.39 is 0 Å². The van der Waals surface area contributed by atoms with E-state index in [-0.39, 0.29) is 17.1 Å². The molecule has 0 saturated heterocycles. The SMILES string of the molecule is CCOc1cccc(/C=N\NC(=O)c2ccc(C(C)(C)C)cc2)c1O. The number of hydrogen-bond acceptors (Lipinski definition) is 4. The van der Waals surface area contributed by atoms with Gasteiger partial charge in [0.05, 0.1) is 12.8 Å². The van der Waals surface area contributed by atoms with Gasteiger partial charge in [-0.25, -0.2) is 5.43 Å². The quantitative estimate of drug-likeness (QED) is 0.641. The highest BCUT2D eigenvalue weighted by Gasteiger charge is 2.14. The number of benzene rings is 2. The lowest BCUT2D eigenvalue weighted by Gasteiger charge is -2.18. The molecule has 5 nitrogen and oxygen atoms in total. The topological polar surface area (TPSA) is 70.9 Å². The van der Waals surface area contributed by atoms with Crippen molar-refractivity contribution in [1.82, 2.24) is 5.43 Å². The molecule has 0 heterocycles. The number of hydrogen-bond donors (Lipinski definition) is 2. The summed E-state index contributed by atoms with van der Waals surface area (Å²) in [5, 5.41) is 14.0. The minimum Gasteiger partial charge on any atom is -0.504 e. The van der Waals surface area contributed by atoms with Crippen molar-refractivity contribution < 1.29 is 14.6 Å². The molecular weight excluding hydrogens is 316 g/mol. The number of carbonyl (C=O) groups is 1. The van der Waals surface area contributed by atoms with Crippen LogP contribution in [0.2, 0.25) is 0 Å². The average molecular weight is 340 g/mol. The summed E-state index contributed by atoms with van der Waals surface area (Å²) < 4.78 is 5.31. The van der Waals surface area contributed by atoms with Crippen LogP contribution in [0.3, 0.4) is 0 Å². The molecule has 0 aromatic heterocycles. The van der Waals surface area contributed by atoms with Gasteiger partial charge >= 0.3 is 0 Å². The number of ether oxygens (including phenoxy) is 1. The first-order valence-corrected chi connectivity index (χ1v) is 8.21. The molecule has 2 N–H and O–H groups in total. The van der Waals surface area contributed by atoms with E-state index in [2.05, 4.69) is 31.3 Å². The third-order valence-electron chi connectivity index (χ3n) is 3.71. The fraction of sp³-hybridized carbons (Fsp3) is 0.300. The van der Waals surface area contributed by atoms with Crippen molar-refractivity contribution in [2.75, 3.05) is 6.61 Å². The van der Waals surface area contributed by atoms with Gasteiger partial charge in [0, 0.05) is 11.1 Å². The summed E-state index contributed by atoms with van der Waals surface area (Å²) >= 11 is 0. The molecule has 0 fully saturated rings. The van der Waals surface area contributed by atoms with Crippen LogP contribution in [0.4, 0.5) is 0 Å². The lowest BCUT2D eigenvalue weighted by Crippen LogP contribution is -2.18. The number of amides is 1. The van der Waals surface area contributed by atoms with Gasteiger partial charge in [-0.3, -0.25) is 4.79 Å². The molecule has 0 aliphatic rings. The Kier molecular flexibility index (Phi) is 5.80. The van der Waals surface area contributed by atoms with E-state index in [0.717, 1.165) is 5.56 Å². The van der Waals surface area contributed by atoms with Crippen LogP contribution in [0, 0.1) is 0 Å². The summed E-state index contributed by atoms with van der Waals surface area (Å²) in [5.41, 5.74) is 4.65. The second kappa shape index (κ2) is 7.83. The third-order valence-corrected chi connectivity index (χ3v) is 3.71. The molecule has 0 radical (unpaired) electrons. The van der Waals surface area contributed by atoms with Gasteiger partial charge in [-0.2, -0.15) is 5.10 Å². The summed E-state index contributed by atoms with van der Waals surface area (Å²) in [5.74, 6) is 0.0737. The Labute approximate surface area is 148 Å². The van der Waals surface area contributed by atoms with Crippen LogP contribution < -0.4 is 10.2 Å². The summed E-state index contributed by atoms with van der Waals surface area (Å²) in [4.78, 5) is 12.1. The van der Waals surface area contributed by atoms with E-state index in [9.17, 15) is 9.90 Å². The number of carbonyl (C=O) groups excluding carboxylic acids is 1. The standard InChI is InChI=1S/C20H24N2O3/c1-5-25-17-8-6-7-15(18(17)23)13-21-22-19(24)14-9-11-16(12-10-14)20(2,3)4/h6-13,23H,5H2,1-4H3,(H,22,24)/b21-13-. The zero-order chi connectivity index (χ0) is 18.4. The Balaban J connectivity index is 2.05. The predicted molar refractivity (Wildman–Crippen MR) is 99.5 cm³/mol. The van der Waals surface area contributed by atoms with E-state index in [0.29, 0.717) is 23.5 Å².